The Morgan fingerprint density at radius 1 is 1.25 bits per heavy atom. The fourth-order valence-electron chi connectivity index (χ4n) is 2.93. The number of nitrogens with zero attached hydrogens (tertiary/aromatic N) is 1. The number of nitrogens with two attached hydrogens (primary N) is 1. The number of methoxy groups -OCH3 is 2. The van der Waals surface area contributed by atoms with Crippen LogP contribution in [0.2, 0.25) is 0 Å². The molecule has 2 rings (SSSR count). The van der Waals surface area contributed by atoms with Gasteiger partial charge in [-0.2, -0.15) is 0 Å². The molecule has 0 aliphatic carbocycles. The summed E-state index contributed by atoms with van der Waals surface area (Å²) in [6, 6.07) is 4.26. The number of ether oxygens (including phenoxy) is 2. The molecule has 0 saturated carbocycles. The van der Waals surface area contributed by atoms with Gasteiger partial charge in [-0.15, -0.1) is 0 Å². The van der Waals surface area contributed by atoms with E-state index in [1.165, 1.54) is 0 Å². The highest BCUT2D eigenvalue weighted by atomic mass is 79.9. The number of benzene rings is 1. The van der Waals surface area contributed by atoms with Gasteiger partial charge in [0, 0.05) is 31.2 Å². The van der Waals surface area contributed by atoms with Gasteiger partial charge in [0.2, 0.25) is 0 Å². The summed E-state index contributed by atoms with van der Waals surface area (Å²) in [5, 5.41) is 0. The maximum atomic E-state index is 6.11. The molecule has 1 heterocycles. The summed E-state index contributed by atoms with van der Waals surface area (Å²) >= 11 is 3.49. The van der Waals surface area contributed by atoms with E-state index in [1.54, 1.807) is 14.2 Å². The Balaban J connectivity index is 2.19. The molecule has 4 nitrogen and oxygen atoms in total. The zero-order chi connectivity index (χ0) is 14.7. The maximum absolute atomic E-state index is 6.11. The molecule has 0 amide bonds. The molecule has 5 heteroatoms. The zero-order valence-corrected chi connectivity index (χ0v) is 13.9. The number of hydrogen-bond acceptors (Lipinski definition) is 4. The first kappa shape index (κ1) is 15.6. The second-order valence-corrected chi connectivity index (χ2v) is 6.45. The summed E-state index contributed by atoms with van der Waals surface area (Å²) in [7, 11) is 3.37. The Labute approximate surface area is 129 Å². The molecular weight excluding hydrogens is 320 g/mol. The molecular formula is C15H23BrN2O2. The summed E-state index contributed by atoms with van der Waals surface area (Å²) in [6.45, 7) is 5.11. The van der Waals surface area contributed by atoms with Gasteiger partial charge >= 0.3 is 0 Å². The minimum Gasteiger partial charge on any atom is -0.496 e. The molecule has 2 unspecified atom stereocenters. The monoisotopic (exact) mass is 342 g/mol. The molecule has 1 saturated heterocycles. The largest absolute Gasteiger partial charge is 0.496 e. The van der Waals surface area contributed by atoms with E-state index in [4.69, 9.17) is 15.2 Å². The van der Waals surface area contributed by atoms with Crippen LogP contribution in [0.5, 0.6) is 11.5 Å². The van der Waals surface area contributed by atoms with Crippen LogP contribution in [0.25, 0.3) is 0 Å². The van der Waals surface area contributed by atoms with E-state index in [0.29, 0.717) is 5.92 Å². The van der Waals surface area contributed by atoms with Crippen molar-refractivity contribution in [2.24, 2.45) is 11.7 Å². The van der Waals surface area contributed by atoms with Crippen LogP contribution in [0.3, 0.4) is 0 Å². The van der Waals surface area contributed by atoms with Crippen LogP contribution in [0.4, 0.5) is 0 Å². The van der Waals surface area contributed by atoms with Crippen molar-refractivity contribution >= 4 is 15.9 Å². The Hall–Kier alpha value is -0.780. The van der Waals surface area contributed by atoms with Crippen LogP contribution in [-0.2, 0) is 6.54 Å². The van der Waals surface area contributed by atoms with Crippen LogP contribution in [0, 0.1) is 5.92 Å². The van der Waals surface area contributed by atoms with Crippen molar-refractivity contribution in [2.45, 2.75) is 25.9 Å². The first-order chi connectivity index (χ1) is 9.53. The topological polar surface area (TPSA) is 47.7 Å². The molecule has 1 aliphatic rings. The normalized spacial score (nSPS) is 23.6. The summed E-state index contributed by atoms with van der Waals surface area (Å²) < 4.78 is 11.8. The van der Waals surface area contributed by atoms with Gasteiger partial charge in [-0.3, -0.25) is 4.90 Å². The van der Waals surface area contributed by atoms with E-state index < -0.39 is 0 Å². The number of rotatable bonds is 4. The summed E-state index contributed by atoms with van der Waals surface area (Å²) in [5.41, 5.74) is 7.25. The van der Waals surface area contributed by atoms with Gasteiger partial charge in [0.25, 0.3) is 0 Å². The number of likely N-dealkylation sites (tertiary alicyclic amines) is 1. The zero-order valence-electron chi connectivity index (χ0n) is 12.4. The van der Waals surface area contributed by atoms with Crippen molar-refractivity contribution in [1.82, 2.24) is 4.90 Å². The van der Waals surface area contributed by atoms with Crippen molar-refractivity contribution in [1.29, 1.82) is 0 Å². The van der Waals surface area contributed by atoms with Crippen LogP contribution in [0.1, 0.15) is 18.9 Å². The summed E-state index contributed by atoms with van der Waals surface area (Å²) in [4.78, 5) is 2.39. The second kappa shape index (κ2) is 6.78. The van der Waals surface area contributed by atoms with Gasteiger partial charge in [0.05, 0.1) is 18.7 Å². The van der Waals surface area contributed by atoms with Crippen molar-refractivity contribution < 1.29 is 9.47 Å². The van der Waals surface area contributed by atoms with E-state index in [9.17, 15) is 0 Å². The molecule has 1 aliphatic heterocycles. The maximum Gasteiger partial charge on any atom is 0.133 e. The average Bonchev–Trinajstić information content (AvgIpc) is 2.39. The van der Waals surface area contributed by atoms with Crippen molar-refractivity contribution in [3.63, 3.8) is 0 Å². The van der Waals surface area contributed by atoms with Crippen LogP contribution >= 0.6 is 15.9 Å². The first-order valence-corrected chi connectivity index (χ1v) is 7.71. The molecule has 1 aromatic rings. The molecule has 1 aromatic carbocycles. The first-order valence-electron chi connectivity index (χ1n) is 6.91. The van der Waals surface area contributed by atoms with Gasteiger partial charge in [-0.25, -0.2) is 0 Å². The highest BCUT2D eigenvalue weighted by molar-refractivity contribution is 9.10. The average molecular weight is 343 g/mol. The van der Waals surface area contributed by atoms with Gasteiger partial charge in [0.1, 0.15) is 11.5 Å². The van der Waals surface area contributed by atoms with Crippen LogP contribution in [-0.4, -0.2) is 38.3 Å². The molecule has 0 spiro atoms. The molecule has 2 N–H and O–H groups in total. The second-order valence-electron chi connectivity index (χ2n) is 5.59. The lowest BCUT2D eigenvalue weighted by Crippen LogP contribution is -2.45. The van der Waals surface area contributed by atoms with Crippen molar-refractivity contribution in [2.75, 3.05) is 27.3 Å². The predicted octanol–water partition coefficient (Wildman–Crippen LogP) is 2.64. The number of hydrogen-bond donors (Lipinski definition) is 1. The molecule has 2 atom stereocenters. The van der Waals surface area contributed by atoms with Gasteiger partial charge in [-0.1, -0.05) is 6.92 Å². The standard InChI is InChI=1S/C15H23BrN2O2/c1-10-4-12(17)9-18(7-10)8-11-5-15(20-3)13(16)6-14(11)19-2/h5-6,10,12H,4,7-9,17H2,1-3H3. The smallest absolute Gasteiger partial charge is 0.133 e. The number of piperidine rings is 1. The van der Waals surface area contributed by atoms with E-state index in [0.717, 1.165) is 47.6 Å². The lowest BCUT2D eigenvalue weighted by Gasteiger charge is -2.35. The molecule has 0 bridgehead atoms. The molecule has 20 heavy (non-hydrogen) atoms. The van der Waals surface area contributed by atoms with Crippen LogP contribution < -0.4 is 15.2 Å². The van der Waals surface area contributed by atoms with Gasteiger partial charge in [-0.05, 0) is 40.4 Å². The fraction of sp³-hybridized carbons (Fsp3) is 0.600. The Morgan fingerprint density at radius 3 is 2.55 bits per heavy atom. The SMILES string of the molecule is COc1cc(CN2CC(C)CC(N)C2)c(OC)cc1Br. The van der Waals surface area contributed by atoms with Gasteiger partial charge in [0.15, 0.2) is 0 Å². The lowest BCUT2D eigenvalue weighted by molar-refractivity contribution is 0.157. The van der Waals surface area contributed by atoms with Crippen molar-refractivity contribution in [3.8, 4) is 11.5 Å². The molecule has 0 aromatic heterocycles. The minimum atomic E-state index is 0.266. The predicted molar refractivity (Wildman–Crippen MR) is 84.3 cm³/mol. The Morgan fingerprint density at radius 2 is 1.95 bits per heavy atom. The fourth-order valence-corrected chi connectivity index (χ4v) is 3.41. The van der Waals surface area contributed by atoms with Gasteiger partial charge < -0.3 is 15.2 Å². The third-order valence-electron chi connectivity index (χ3n) is 3.72. The van der Waals surface area contributed by atoms with E-state index >= 15 is 0 Å². The summed E-state index contributed by atoms with van der Waals surface area (Å²) in [6.07, 6.45) is 1.11. The molecule has 112 valence electrons. The van der Waals surface area contributed by atoms with E-state index in [2.05, 4.69) is 27.8 Å². The quantitative estimate of drug-likeness (QED) is 0.913. The summed E-state index contributed by atoms with van der Waals surface area (Å²) in [5.74, 6) is 2.35. The van der Waals surface area contributed by atoms with E-state index in [-0.39, 0.29) is 6.04 Å². The minimum absolute atomic E-state index is 0.266. The molecule has 1 fully saturated rings. The third kappa shape index (κ3) is 3.65. The Kier molecular flexibility index (Phi) is 5.29. The Bertz CT molecular complexity index is 457. The lowest BCUT2D eigenvalue weighted by atomic mass is 9.96. The van der Waals surface area contributed by atoms with Crippen LogP contribution in [0.15, 0.2) is 16.6 Å². The highest BCUT2D eigenvalue weighted by Gasteiger charge is 2.23. The van der Waals surface area contributed by atoms with Crippen molar-refractivity contribution in [3.05, 3.63) is 22.2 Å². The number of halogens is 1. The highest BCUT2D eigenvalue weighted by Crippen LogP contribution is 2.33. The third-order valence-corrected chi connectivity index (χ3v) is 4.34. The molecule has 0 radical (unpaired) electrons. The van der Waals surface area contributed by atoms with E-state index in [1.807, 2.05) is 12.1 Å².